The van der Waals surface area contributed by atoms with Crippen molar-refractivity contribution in [1.82, 2.24) is 10.6 Å². The predicted octanol–water partition coefficient (Wildman–Crippen LogP) is 2.11. The maximum atomic E-state index is 11.5. The molecule has 104 valence electrons. The quantitative estimate of drug-likeness (QED) is 0.840. The topological polar surface area (TPSA) is 50.4 Å². The van der Waals surface area contributed by atoms with E-state index in [-0.39, 0.29) is 5.91 Å². The summed E-state index contributed by atoms with van der Waals surface area (Å²) in [4.78, 5) is 11.5. The van der Waals surface area contributed by atoms with Crippen LogP contribution in [0.2, 0.25) is 5.02 Å². The van der Waals surface area contributed by atoms with E-state index in [1.54, 1.807) is 20.0 Å². The number of ether oxygens (including phenoxy) is 1. The Morgan fingerprint density at radius 1 is 1.53 bits per heavy atom. The SMILES string of the molecule is CNC(=O)C(C)Oc1c(Cl)cccc1CNC1CC1. The maximum Gasteiger partial charge on any atom is 0.260 e. The summed E-state index contributed by atoms with van der Waals surface area (Å²) >= 11 is 6.17. The van der Waals surface area contributed by atoms with Gasteiger partial charge in [0.1, 0.15) is 5.75 Å². The van der Waals surface area contributed by atoms with E-state index in [9.17, 15) is 4.79 Å². The monoisotopic (exact) mass is 282 g/mol. The number of amides is 1. The molecule has 0 radical (unpaired) electrons. The van der Waals surface area contributed by atoms with E-state index in [1.807, 2.05) is 12.1 Å². The molecule has 5 heteroatoms. The fourth-order valence-electron chi connectivity index (χ4n) is 1.80. The number of para-hydroxylation sites is 1. The largest absolute Gasteiger partial charge is 0.479 e. The lowest BCUT2D eigenvalue weighted by atomic mass is 10.2. The molecule has 4 nitrogen and oxygen atoms in total. The number of halogens is 1. The molecule has 1 fully saturated rings. The van der Waals surface area contributed by atoms with Gasteiger partial charge in [0.05, 0.1) is 5.02 Å². The van der Waals surface area contributed by atoms with E-state index in [1.165, 1.54) is 12.8 Å². The van der Waals surface area contributed by atoms with Gasteiger partial charge in [-0.25, -0.2) is 0 Å². The summed E-state index contributed by atoms with van der Waals surface area (Å²) in [6.07, 6.45) is 1.89. The second-order valence-corrected chi connectivity index (χ2v) is 5.16. The number of rotatable bonds is 6. The Balaban J connectivity index is 2.09. The van der Waals surface area contributed by atoms with Crippen LogP contribution in [-0.4, -0.2) is 25.1 Å². The molecular weight excluding hydrogens is 264 g/mol. The number of nitrogens with one attached hydrogen (secondary N) is 2. The summed E-state index contributed by atoms with van der Waals surface area (Å²) in [5.74, 6) is 0.425. The van der Waals surface area contributed by atoms with Gasteiger partial charge in [-0.05, 0) is 25.8 Å². The second kappa shape index (κ2) is 6.26. The van der Waals surface area contributed by atoms with Gasteiger partial charge >= 0.3 is 0 Å². The predicted molar refractivity (Wildman–Crippen MR) is 75.5 cm³/mol. The van der Waals surface area contributed by atoms with Gasteiger partial charge in [0.25, 0.3) is 5.91 Å². The van der Waals surface area contributed by atoms with Crippen molar-refractivity contribution in [3.8, 4) is 5.75 Å². The van der Waals surface area contributed by atoms with E-state index in [4.69, 9.17) is 16.3 Å². The van der Waals surface area contributed by atoms with Crippen molar-refractivity contribution in [1.29, 1.82) is 0 Å². The third-order valence-corrected chi connectivity index (χ3v) is 3.41. The molecule has 1 aromatic carbocycles. The second-order valence-electron chi connectivity index (χ2n) is 4.76. The Morgan fingerprint density at radius 3 is 2.89 bits per heavy atom. The van der Waals surface area contributed by atoms with Gasteiger partial charge in [-0.1, -0.05) is 23.7 Å². The third-order valence-electron chi connectivity index (χ3n) is 3.12. The van der Waals surface area contributed by atoms with Gasteiger partial charge in [0, 0.05) is 25.2 Å². The average molecular weight is 283 g/mol. The molecular formula is C14H19ClN2O2. The Morgan fingerprint density at radius 2 is 2.26 bits per heavy atom. The summed E-state index contributed by atoms with van der Waals surface area (Å²) in [6.45, 7) is 2.42. The Hall–Kier alpha value is -1.26. The van der Waals surface area contributed by atoms with Crippen LogP contribution in [0, 0.1) is 0 Å². The Bertz CT molecular complexity index is 461. The maximum absolute atomic E-state index is 11.5. The number of carbonyl (C=O) groups excluding carboxylic acids is 1. The van der Waals surface area contributed by atoms with E-state index in [0.717, 1.165) is 5.56 Å². The van der Waals surface area contributed by atoms with Crippen LogP contribution in [-0.2, 0) is 11.3 Å². The van der Waals surface area contributed by atoms with E-state index >= 15 is 0 Å². The van der Waals surface area contributed by atoms with Crippen molar-refractivity contribution in [2.45, 2.75) is 38.5 Å². The molecule has 1 aliphatic rings. The van der Waals surface area contributed by atoms with Crippen molar-refractivity contribution in [3.63, 3.8) is 0 Å². The van der Waals surface area contributed by atoms with Crippen molar-refractivity contribution in [2.24, 2.45) is 0 Å². The highest BCUT2D eigenvalue weighted by Gasteiger charge is 2.22. The number of benzene rings is 1. The zero-order valence-electron chi connectivity index (χ0n) is 11.2. The fraction of sp³-hybridized carbons (Fsp3) is 0.500. The zero-order chi connectivity index (χ0) is 13.8. The molecule has 0 aromatic heterocycles. The van der Waals surface area contributed by atoms with Crippen LogP contribution in [0.25, 0.3) is 0 Å². The lowest BCUT2D eigenvalue weighted by Crippen LogP contribution is -2.34. The first kappa shape index (κ1) is 14.2. The average Bonchev–Trinajstić information content (AvgIpc) is 3.22. The first-order chi connectivity index (χ1) is 9.11. The third kappa shape index (κ3) is 3.85. The Labute approximate surface area is 118 Å². The highest BCUT2D eigenvalue weighted by molar-refractivity contribution is 6.32. The fourth-order valence-corrected chi connectivity index (χ4v) is 2.04. The molecule has 1 saturated carbocycles. The van der Waals surface area contributed by atoms with Gasteiger partial charge in [-0.2, -0.15) is 0 Å². The molecule has 1 aliphatic carbocycles. The highest BCUT2D eigenvalue weighted by atomic mass is 35.5. The van der Waals surface area contributed by atoms with Crippen molar-refractivity contribution in [3.05, 3.63) is 28.8 Å². The summed E-state index contributed by atoms with van der Waals surface area (Å²) in [5.41, 5.74) is 0.982. The summed E-state index contributed by atoms with van der Waals surface area (Å²) in [7, 11) is 1.59. The molecule has 0 bridgehead atoms. The number of carbonyl (C=O) groups is 1. The number of likely N-dealkylation sites (N-methyl/N-ethyl adjacent to an activating group) is 1. The van der Waals surface area contributed by atoms with Crippen LogP contribution in [0.1, 0.15) is 25.3 Å². The number of hydrogen-bond acceptors (Lipinski definition) is 3. The van der Waals surface area contributed by atoms with Gasteiger partial charge in [0.15, 0.2) is 6.10 Å². The molecule has 2 rings (SSSR count). The van der Waals surface area contributed by atoms with E-state index in [0.29, 0.717) is 23.4 Å². The molecule has 19 heavy (non-hydrogen) atoms. The van der Waals surface area contributed by atoms with Gasteiger partial charge in [-0.15, -0.1) is 0 Å². The molecule has 0 aliphatic heterocycles. The summed E-state index contributed by atoms with van der Waals surface area (Å²) in [5, 5.41) is 6.51. The molecule has 0 spiro atoms. The minimum atomic E-state index is -0.565. The van der Waals surface area contributed by atoms with Crippen LogP contribution in [0.4, 0.5) is 0 Å². The number of hydrogen-bond donors (Lipinski definition) is 2. The van der Waals surface area contributed by atoms with Crippen LogP contribution in [0.5, 0.6) is 5.75 Å². The Kier molecular flexibility index (Phi) is 4.66. The molecule has 1 unspecified atom stereocenters. The molecule has 0 saturated heterocycles. The van der Waals surface area contributed by atoms with Crippen molar-refractivity contribution >= 4 is 17.5 Å². The summed E-state index contributed by atoms with van der Waals surface area (Å²) in [6, 6.07) is 6.24. The van der Waals surface area contributed by atoms with E-state index in [2.05, 4.69) is 10.6 Å². The molecule has 2 N–H and O–H groups in total. The van der Waals surface area contributed by atoms with Gasteiger partial charge in [0.2, 0.25) is 0 Å². The smallest absolute Gasteiger partial charge is 0.260 e. The molecule has 0 heterocycles. The van der Waals surface area contributed by atoms with Crippen LogP contribution in [0.15, 0.2) is 18.2 Å². The minimum Gasteiger partial charge on any atom is -0.479 e. The highest BCUT2D eigenvalue weighted by Crippen LogP contribution is 2.30. The first-order valence-corrected chi connectivity index (χ1v) is 6.88. The molecule has 1 aromatic rings. The van der Waals surface area contributed by atoms with Gasteiger partial charge in [-0.3, -0.25) is 4.79 Å². The standard InChI is InChI=1S/C14H19ClN2O2/c1-9(14(18)16-2)19-13-10(4-3-5-12(13)15)8-17-11-6-7-11/h3-5,9,11,17H,6-8H2,1-2H3,(H,16,18). The lowest BCUT2D eigenvalue weighted by Gasteiger charge is -2.17. The van der Waals surface area contributed by atoms with Crippen molar-refractivity contribution in [2.75, 3.05) is 7.05 Å². The van der Waals surface area contributed by atoms with Crippen LogP contribution >= 0.6 is 11.6 Å². The lowest BCUT2D eigenvalue weighted by molar-refractivity contribution is -0.126. The normalized spacial score (nSPS) is 15.9. The van der Waals surface area contributed by atoms with Crippen LogP contribution in [0.3, 0.4) is 0 Å². The molecule has 1 amide bonds. The van der Waals surface area contributed by atoms with Crippen LogP contribution < -0.4 is 15.4 Å². The van der Waals surface area contributed by atoms with Gasteiger partial charge < -0.3 is 15.4 Å². The summed E-state index contributed by atoms with van der Waals surface area (Å²) < 4.78 is 5.70. The van der Waals surface area contributed by atoms with Crippen molar-refractivity contribution < 1.29 is 9.53 Å². The zero-order valence-corrected chi connectivity index (χ0v) is 12.0. The molecule has 1 atom stereocenters. The first-order valence-electron chi connectivity index (χ1n) is 6.51. The minimum absolute atomic E-state index is 0.166. The van der Waals surface area contributed by atoms with E-state index < -0.39 is 6.10 Å².